The molecule has 10 aliphatic rings. The molecule has 4 saturated heterocycles. The Kier molecular flexibility index (Phi) is 41.1. The minimum absolute atomic E-state index is 0.0114. The van der Waals surface area contributed by atoms with E-state index in [2.05, 4.69) is 59.2 Å². The molecule has 16 atom stereocenters. The van der Waals surface area contributed by atoms with Crippen LogP contribution in [0.15, 0.2) is 243 Å². The van der Waals surface area contributed by atoms with E-state index in [9.17, 15) is 48.3 Å². The van der Waals surface area contributed by atoms with Gasteiger partial charge < -0.3 is 34.7 Å². The summed E-state index contributed by atoms with van der Waals surface area (Å²) in [5, 5.41) is 15.6. The lowest BCUT2D eigenvalue weighted by Gasteiger charge is -2.37. The predicted octanol–water partition coefficient (Wildman–Crippen LogP) is 20.4. The lowest BCUT2D eigenvalue weighted by Crippen LogP contribution is -2.51. The van der Waals surface area contributed by atoms with Crippen molar-refractivity contribution < 1.29 is 67.2 Å². The van der Waals surface area contributed by atoms with Crippen molar-refractivity contribution in [3.05, 3.63) is 287 Å². The fourth-order valence-electron chi connectivity index (χ4n) is 19.1. The number of carbonyl (C=O) groups is 9. The van der Waals surface area contributed by atoms with Crippen LogP contribution in [0.5, 0.6) is 0 Å². The Morgan fingerprint density at radius 3 is 1.14 bits per heavy atom. The van der Waals surface area contributed by atoms with Crippen LogP contribution in [0.2, 0.25) is 0 Å². The summed E-state index contributed by atoms with van der Waals surface area (Å²) in [6.45, 7) is 19.3. The second-order valence-electron chi connectivity index (χ2n) is 32.1. The number of piperidine rings is 4. The first-order valence-corrected chi connectivity index (χ1v) is 46.1. The maximum Gasteiger partial charge on any atom is 0.260 e. The van der Waals surface area contributed by atoms with E-state index in [1.165, 1.54) is 20.9 Å². The minimum atomic E-state index is -0.466. The molecule has 3 N–H and O–H groups in total. The first-order chi connectivity index (χ1) is 60.6. The summed E-state index contributed by atoms with van der Waals surface area (Å²) in [6, 6.07) is 76.9. The molecule has 18 nitrogen and oxygen atoms in total. The number of aliphatic hydroxyl groups is 1. The van der Waals surface area contributed by atoms with E-state index in [1.54, 1.807) is 60.7 Å². The lowest BCUT2D eigenvalue weighted by molar-refractivity contribution is -0.136. The molecule has 8 aromatic carbocycles. The second kappa shape index (κ2) is 52.1. The highest BCUT2D eigenvalue weighted by Gasteiger charge is 2.51. The van der Waals surface area contributed by atoms with E-state index in [0.717, 1.165) is 101 Å². The van der Waals surface area contributed by atoms with Gasteiger partial charge in [0, 0.05) is 95.8 Å². The number of ether oxygens (including phenoxy) is 4. The molecule has 124 heavy (non-hydrogen) atoms. The number of aliphatic hydroxyl groups excluding tert-OH is 1. The fraction of sp³-hybridized carbons (Fsp3) is 0.457. The quantitative estimate of drug-likeness (QED) is 0.0332. The van der Waals surface area contributed by atoms with Crippen LogP contribution in [-0.2, 0) is 69.3 Å². The number of benzene rings is 8. The number of hydrogen-bond acceptors (Lipinski definition) is 14. The maximum atomic E-state index is 13.0. The number of nitrogens with zero attached hydrogens (tertiary/aromatic N) is 2. The van der Waals surface area contributed by atoms with Gasteiger partial charge in [0.15, 0.2) is 5.78 Å². The number of carbonyl (C=O) groups excluding carboxylic acids is 9. The van der Waals surface area contributed by atoms with Crippen molar-refractivity contribution in [2.45, 2.75) is 252 Å². The van der Waals surface area contributed by atoms with Crippen LogP contribution < -0.4 is 10.6 Å². The average Bonchev–Trinajstić information content (AvgIpc) is 1.60. The van der Waals surface area contributed by atoms with Crippen molar-refractivity contribution in [1.82, 2.24) is 20.4 Å². The summed E-state index contributed by atoms with van der Waals surface area (Å²) < 4.78 is 24.4. The number of hydrogen-bond donors (Lipinski definition) is 3. The summed E-state index contributed by atoms with van der Waals surface area (Å²) in [7, 11) is 0. The molecule has 18 rings (SSSR count). The second-order valence-corrected chi connectivity index (χ2v) is 32.4. The Labute approximate surface area is 740 Å². The Bertz CT molecular complexity index is 4540. The number of halogens is 1. The first-order valence-electron chi connectivity index (χ1n) is 45.7. The number of ketones is 2. The molecule has 6 aliphatic carbocycles. The van der Waals surface area contributed by atoms with Crippen LogP contribution in [0.25, 0.3) is 0 Å². The van der Waals surface area contributed by atoms with Gasteiger partial charge in [0.25, 0.3) is 17.1 Å². The van der Waals surface area contributed by atoms with E-state index in [-0.39, 0.29) is 113 Å². The molecule has 0 radical (unpaired) electrons. The molecule has 4 heterocycles. The van der Waals surface area contributed by atoms with Gasteiger partial charge in [-0.3, -0.25) is 53.0 Å². The molecule has 0 bridgehead atoms. The van der Waals surface area contributed by atoms with Gasteiger partial charge in [-0.1, -0.05) is 274 Å². The van der Waals surface area contributed by atoms with Gasteiger partial charge >= 0.3 is 0 Å². The van der Waals surface area contributed by atoms with Gasteiger partial charge in [-0.25, -0.2) is 0 Å². The highest BCUT2D eigenvalue weighted by molar-refractivity contribution is 6.67. The maximum absolute atomic E-state index is 13.0. The number of fused-ring (bicyclic) bond motifs is 5. The number of Topliss-reactive ketones (excluding diaryl/α,β-unsaturated/α-hetero) is 2. The van der Waals surface area contributed by atoms with Gasteiger partial charge in [-0.15, -0.1) is 0 Å². The number of likely N-dealkylation sites (tertiary alicyclic amines) is 2. The molecule has 662 valence electrons. The van der Waals surface area contributed by atoms with Gasteiger partial charge in [0.05, 0.1) is 62.9 Å². The third-order valence-electron chi connectivity index (χ3n) is 25.1. The SMILES string of the molecule is CC.CC.CC.CC.O=C(Cl)c1ccccc1.O=C(c1ccccc1)C1CCC2C(OCc3ccccc3)CCC2C1=O.O=C1CCC2C(CCC2OCc2ccccc2)N1.O=C1CCC2C(O)CCC2N1C(=O)c1ccccc1.O=C1CCC2C(OCc3ccccc3)CCC2N1C(=O)c1ccccc1.O=C1NCCC2C(OCc3ccccc3)CCC12. The molecule has 0 aromatic heterocycles. The zero-order valence-electron chi connectivity index (χ0n) is 73.8. The number of imide groups is 2. The summed E-state index contributed by atoms with van der Waals surface area (Å²) in [4.78, 5) is 112. The van der Waals surface area contributed by atoms with Crippen molar-refractivity contribution in [3.63, 3.8) is 0 Å². The molecule has 6 amide bonds. The Morgan fingerprint density at radius 2 is 0.702 bits per heavy atom. The largest absolute Gasteiger partial charge is 0.393 e. The zero-order chi connectivity index (χ0) is 88.7. The summed E-state index contributed by atoms with van der Waals surface area (Å²) in [5.41, 5.74) is 7.06. The summed E-state index contributed by atoms with van der Waals surface area (Å²) in [5.74, 6) is 1.25. The Morgan fingerprint density at radius 1 is 0.355 bits per heavy atom. The molecular weight excluding hydrogens is 1580 g/mol. The Hall–Kier alpha value is -9.92. The van der Waals surface area contributed by atoms with Crippen LogP contribution in [0, 0.1) is 47.3 Å². The average molecular weight is 1710 g/mol. The molecule has 0 spiro atoms. The van der Waals surface area contributed by atoms with Crippen molar-refractivity contribution in [2.75, 3.05) is 6.54 Å². The monoisotopic (exact) mass is 1710 g/mol. The van der Waals surface area contributed by atoms with Crippen LogP contribution >= 0.6 is 11.6 Å². The lowest BCUT2D eigenvalue weighted by atomic mass is 9.72. The van der Waals surface area contributed by atoms with Gasteiger partial charge in [0.2, 0.25) is 23.6 Å². The third-order valence-corrected chi connectivity index (χ3v) is 25.3. The predicted molar refractivity (Wildman–Crippen MR) is 487 cm³/mol. The molecule has 16 unspecified atom stereocenters. The number of nitrogens with one attached hydrogen (secondary N) is 2. The van der Waals surface area contributed by atoms with Crippen molar-refractivity contribution in [2.24, 2.45) is 47.3 Å². The fourth-order valence-corrected chi connectivity index (χ4v) is 19.2. The standard InChI is InChI=1S/C23H24O3.C22H23NO3.C15H17NO3.2C15H19NO2.C7H5ClO.4C2H6/c24-22(17-9-5-2-6-10-17)20-12-11-18-19(23(20)25)13-14-21(18)26-15-16-7-3-1-4-8-16;24-21-14-11-18-19(23(21)22(25)17-9-5-2-6-10-17)12-13-20(18)26-15-16-7-3-1-4-8-16;17-13-8-7-12-11(13)6-9-14(18)16(12)15(19)10-4-2-1-3-5-10;17-15-9-6-12-13(16-15)7-8-14(12)18-10-11-4-2-1-3-5-11;17-15-13-6-7-14(12(13)8-9-16-15)18-10-11-4-2-1-3-5-11;8-7(9)6-4-2-1-3-5-6;4*1-2/h1-10,18-21H,11-15H2;1-10,18-20H,11-15H2;1-5,11-13,17H,6-9H2;2*1-5,12-14H,6-10H2,(H,16,17);1-5H;4*1-2H3. The van der Waals surface area contributed by atoms with Gasteiger partial charge in [0.1, 0.15) is 5.78 Å². The third kappa shape index (κ3) is 27.3. The van der Waals surface area contributed by atoms with E-state index in [4.69, 9.17) is 30.5 Å². The normalized spacial score (nSPS) is 25.6. The molecule has 8 aromatic rings. The van der Waals surface area contributed by atoms with Gasteiger partial charge in [-0.05, 0) is 173 Å². The van der Waals surface area contributed by atoms with Crippen LogP contribution in [0.3, 0.4) is 0 Å². The number of amides is 6. The zero-order valence-corrected chi connectivity index (χ0v) is 74.6. The molecule has 19 heteroatoms. The molecular formula is C105H131ClN4O14. The summed E-state index contributed by atoms with van der Waals surface area (Å²) >= 11 is 5.16. The van der Waals surface area contributed by atoms with Crippen molar-refractivity contribution >= 4 is 63.9 Å². The smallest absolute Gasteiger partial charge is 0.260 e. The Balaban J connectivity index is 0.000000169. The van der Waals surface area contributed by atoms with Crippen LogP contribution in [-0.4, -0.2) is 122 Å². The van der Waals surface area contributed by atoms with E-state index >= 15 is 0 Å². The van der Waals surface area contributed by atoms with Crippen LogP contribution in [0.4, 0.5) is 0 Å². The van der Waals surface area contributed by atoms with Crippen molar-refractivity contribution in [3.8, 4) is 0 Å². The van der Waals surface area contributed by atoms with Crippen LogP contribution in [0.1, 0.15) is 241 Å². The van der Waals surface area contributed by atoms with Crippen molar-refractivity contribution in [1.29, 1.82) is 0 Å². The highest BCUT2D eigenvalue weighted by atomic mass is 35.5. The van der Waals surface area contributed by atoms with E-state index in [1.807, 2.05) is 189 Å². The first kappa shape index (κ1) is 97.9. The molecule has 4 aliphatic heterocycles. The molecule has 10 fully saturated rings. The van der Waals surface area contributed by atoms with E-state index in [0.29, 0.717) is 111 Å². The molecule has 6 saturated carbocycles. The topological polar surface area (TPSA) is 241 Å². The summed E-state index contributed by atoms with van der Waals surface area (Å²) in [6.07, 6.45) is 16.0. The highest BCUT2D eigenvalue weighted by Crippen LogP contribution is 2.46. The minimum Gasteiger partial charge on any atom is -0.393 e. The van der Waals surface area contributed by atoms with E-state index < -0.39 is 11.2 Å². The number of rotatable bonds is 17. The van der Waals surface area contributed by atoms with Gasteiger partial charge in [-0.2, -0.15) is 0 Å².